The third kappa shape index (κ3) is 3.50. The van der Waals surface area contributed by atoms with Gasteiger partial charge >= 0.3 is 0 Å². The van der Waals surface area contributed by atoms with Crippen LogP contribution in [0, 0.1) is 0 Å². The predicted molar refractivity (Wildman–Crippen MR) is 94.5 cm³/mol. The molecule has 4 rings (SSSR count). The summed E-state index contributed by atoms with van der Waals surface area (Å²) in [5.74, 6) is 0.426. The van der Waals surface area contributed by atoms with Gasteiger partial charge in [-0.1, -0.05) is 5.16 Å². The van der Waals surface area contributed by atoms with E-state index >= 15 is 0 Å². The van der Waals surface area contributed by atoms with Gasteiger partial charge in [-0.3, -0.25) is 4.79 Å². The number of anilines is 1. The van der Waals surface area contributed by atoms with Crippen LogP contribution in [-0.4, -0.2) is 66.2 Å². The van der Waals surface area contributed by atoms with Gasteiger partial charge in [-0.05, 0) is 25.3 Å². The van der Waals surface area contributed by atoms with Gasteiger partial charge in [0.1, 0.15) is 5.71 Å². The highest BCUT2D eigenvalue weighted by Crippen LogP contribution is 2.34. The molecule has 1 amide bonds. The lowest BCUT2D eigenvalue weighted by Crippen LogP contribution is -2.50. The molecule has 9 nitrogen and oxygen atoms in total. The number of aromatic nitrogens is 2. The zero-order valence-electron chi connectivity index (χ0n) is 14.3. The molecule has 3 aliphatic heterocycles. The van der Waals surface area contributed by atoms with Crippen LogP contribution in [0.3, 0.4) is 0 Å². The maximum absolute atomic E-state index is 12.4. The van der Waals surface area contributed by atoms with E-state index in [1.165, 1.54) is 0 Å². The number of hydrogen-bond donors (Lipinski definition) is 1. The van der Waals surface area contributed by atoms with E-state index in [2.05, 4.69) is 20.4 Å². The fourth-order valence-corrected chi connectivity index (χ4v) is 5.44. The number of hydrogen-bond acceptors (Lipinski definition) is 8. The van der Waals surface area contributed by atoms with E-state index in [0.29, 0.717) is 31.0 Å². The highest BCUT2D eigenvalue weighted by molar-refractivity contribution is 7.91. The van der Waals surface area contributed by atoms with E-state index in [9.17, 15) is 13.2 Å². The van der Waals surface area contributed by atoms with E-state index in [1.807, 2.05) is 4.90 Å². The second kappa shape index (κ2) is 6.49. The summed E-state index contributed by atoms with van der Waals surface area (Å²) >= 11 is 0. The van der Waals surface area contributed by atoms with Crippen molar-refractivity contribution >= 4 is 27.4 Å². The highest BCUT2D eigenvalue weighted by Gasteiger charge is 2.45. The molecule has 10 heteroatoms. The van der Waals surface area contributed by atoms with Gasteiger partial charge in [0, 0.05) is 31.4 Å². The molecule has 1 aromatic heterocycles. The van der Waals surface area contributed by atoms with E-state index in [-0.39, 0.29) is 23.5 Å². The van der Waals surface area contributed by atoms with Crippen molar-refractivity contribution in [3.05, 3.63) is 18.5 Å². The van der Waals surface area contributed by atoms with Gasteiger partial charge in [0.2, 0.25) is 5.95 Å². The fourth-order valence-electron chi connectivity index (χ4n) is 3.76. The zero-order chi connectivity index (χ0) is 18.2. The summed E-state index contributed by atoms with van der Waals surface area (Å²) in [6, 6.07) is 1.43. The number of piperidine rings is 1. The van der Waals surface area contributed by atoms with Crippen LogP contribution in [-0.2, 0) is 19.5 Å². The Bertz CT molecular complexity index is 828. The molecule has 3 aliphatic rings. The van der Waals surface area contributed by atoms with Gasteiger partial charge in [-0.25, -0.2) is 18.4 Å². The van der Waals surface area contributed by atoms with Crippen LogP contribution in [0.25, 0.3) is 0 Å². The zero-order valence-corrected chi connectivity index (χ0v) is 15.1. The molecule has 0 radical (unpaired) electrons. The summed E-state index contributed by atoms with van der Waals surface area (Å²) in [5.41, 5.74) is -0.226. The minimum absolute atomic E-state index is 0.00283. The molecule has 0 aliphatic carbocycles. The molecular formula is C16H21N5O4S. The third-order valence-electron chi connectivity index (χ3n) is 5.04. The molecule has 4 heterocycles. The Kier molecular flexibility index (Phi) is 4.29. The fraction of sp³-hybridized carbons (Fsp3) is 0.625. The summed E-state index contributed by atoms with van der Waals surface area (Å²) in [5, 5.41) is 6.78. The van der Waals surface area contributed by atoms with E-state index in [4.69, 9.17) is 4.84 Å². The Labute approximate surface area is 151 Å². The molecule has 2 atom stereocenters. The predicted octanol–water partition coefficient (Wildman–Crippen LogP) is -0.105. The molecule has 140 valence electrons. The molecule has 26 heavy (non-hydrogen) atoms. The number of nitrogens with zero attached hydrogens (tertiary/aromatic N) is 4. The van der Waals surface area contributed by atoms with E-state index in [1.54, 1.807) is 18.5 Å². The molecule has 0 aromatic carbocycles. The first kappa shape index (κ1) is 17.2. The normalized spacial score (nSPS) is 30.1. The quantitative estimate of drug-likeness (QED) is 0.780. The lowest BCUT2D eigenvalue weighted by molar-refractivity contribution is -0.115. The van der Waals surface area contributed by atoms with Gasteiger partial charge in [-0.15, -0.1) is 0 Å². The van der Waals surface area contributed by atoms with E-state index in [0.717, 1.165) is 19.4 Å². The third-order valence-corrected chi connectivity index (χ3v) is 6.81. The van der Waals surface area contributed by atoms with Crippen LogP contribution in [0.15, 0.2) is 23.6 Å². The lowest BCUT2D eigenvalue weighted by atomic mass is 9.88. The van der Waals surface area contributed by atoms with Crippen molar-refractivity contribution < 1.29 is 18.0 Å². The SMILES string of the molecule is O=C(N[C@H]1CCS(=O)(=O)C1)C1=NO[C@]2(CCCN(c3ncccn3)C2)C1. The molecule has 2 fully saturated rings. The summed E-state index contributed by atoms with van der Waals surface area (Å²) in [6.07, 6.45) is 5.94. The number of nitrogens with one attached hydrogen (secondary N) is 1. The molecule has 0 bridgehead atoms. The molecular weight excluding hydrogens is 358 g/mol. The number of carbonyl (C=O) groups is 1. The van der Waals surface area contributed by atoms with Crippen molar-refractivity contribution in [2.24, 2.45) is 5.16 Å². The van der Waals surface area contributed by atoms with Crippen molar-refractivity contribution in [2.75, 3.05) is 29.5 Å². The van der Waals surface area contributed by atoms with Crippen molar-refractivity contribution in [1.82, 2.24) is 15.3 Å². The summed E-state index contributed by atoms with van der Waals surface area (Å²) in [4.78, 5) is 28.7. The number of oxime groups is 1. The first-order valence-corrected chi connectivity index (χ1v) is 10.6. The molecule has 0 saturated carbocycles. The van der Waals surface area contributed by atoms with Gasteiger partial charge in [0.15, 0.2) is 15.4 Å². The number of sulfone groups is 1. The van der Waals surface area contributed by atoms with Crippen molar-refractivity contribution in [2.45, 2.75) is 37.3 Å². The van der Waals surface area contributed by atoms with Gasteiger partial charge in [-0.2, -0.15) is 0 Å². The first-order chi connectivity index (χ1) is 12.4. The van der Waals surface area contributed by atoms with Crippen LogP contribution in [0.2, 0.25) is 0 Å². The smallest absolute Gasteiger partial charge is 0.269 e. The van der Waals surface area contributed by atoms with Crippen molar-refractivity contribution in [1.29, 1.82) is 0 Å². The van der Waals surface area contributed by atoms with Gasteiger partial charge < -0.3 is 15.1 Å². The Hall–Kier alpha value is -2.23. The van der Waals surface area contributed by atoms with Crippen molar-refractivity contribution in [3.8, 4) is 0 Å². The Morgan fingerprint density at radius 3 is 2.88 bits per heavy atom. The number of amides is 1. The largest absolute Gasteiger partial charge is 0.386 e. The average molecular weight is 379 g/mol. The minimum atomic E-state index is -3.04. The number of rotatable bonds is 3. The Morgan fingerprint density at radius 2 is 2.15 bits per heavy atom. The molecule has 1 N–H and O–H groups in total. The minimum Gasteiger partial charge on any atom is -0.386 e. The molecule has 1 aromatic rings. The monoisotopic (exact) mass is 379 g/mol. The lowest BCUT2D eigenvalue weighted by Gasteiger charge is -2.38. The second-order valence-corrected chi connectivity index (χ2v) is 9.37. The topological polar surface area (TPSA) is 114 Å². The van der Waals surface area contributed by atoms with Crippen molar-refractivity contribution in [3.63, 3.8) is 0 Å². The summed E-state index contributed by atoms with van der Waals surface area (Å²) in [7, 11) is -3.04. The van der Waals surface area contributed by atoms with Gasteiger partial charge in [0.25, 0.3) is 5.91 Å². The maximum atomic E-state index is 12.4. The Morgan fingerprint density at radius 1 is 1.35 bits per heavy atom. The van der Waals surface area contributed by atoms with Crippen LogP contribution in [0.5, 0.6) is 0 Å². The average Bonchev–Trinajstić information content (AvgIpc) is 3.19. The van der Waals surface area contributed by atoms with Crippen LogP contribution < -0.4 is 10.2 Å². The molecule has 2 saturated heterocycles. The molecule has 1 spiro atoms. The highest BCUT2D eigenvalue weighted by atomic mass is 32.2. The van der Waals surface area contributed by atoms with Crippen LogP contribution in [0.1, 0.15) is 25.7 Å². The number of carbonyl (C=O) groups excluding carboxylic acids is 1. The summed E-state index contributed by atoms with van der Waals surface area (Å²) < 4.78 is 23.1. The first-order valence-electron chi connectivity index (χ1n) is 8.73. The second-order valence-electron chi connectivity index (χ2n) is 7.14. The summed E-state index contributed by atoms with van der Waals surface area (Å²) in [6.45, 7) is 1.39. The van der Waals surface area contributed by atoms with Crippen LogP contribution >= 0.6 is 0 Å². The van der Waals surface area contributed by atoms with Crippen LogP contribution in [0.4, 0.5) is 5.95 Å². The maximum Gasteiger partial charge on any atom is 0.269 e. The Balaban J connectivity index is 1.38. The standard InChI is InChI=1S/C16H21N5O4S/c22-14(19-12-3-8-26(23,24)10-12)13-9-16(25-20-13)4-1-7-21(11-16)15-17-5-2-6-18-15/h2,5-6,12H,1,3-4,7-11H2,(H,19,22)/t12-,16+/m0/s1. The van der Waals surface area contributed by atoms with E-state index < -0.39 is 15.4 Å². The van der Waals surface area contributed by atoms with Gasteiger partial charge in [0.05, 0.1) is 18.1 Å². The molecule has 0 unspecified atom stereocenters.